The summed E-state index contributed by atoms with van der Waals surface area (Å²) in [5, 5.41) is 23.7. The van der Waals surface area contributed by atoms with Crippen LogP contribution in [0.15, 0.2) is 24.4 Å². The first-order valence-corrected chi connectivity index (χ1v) is 7.12. The number of hydrogen-bond acceptors (Lipinski definition) is 4. The molecule has 1 aromatic carbocycles. The van der Waals surface area contributed by atoms with E-state index in [1.807, 2.05) is 26.0 Å². The van der Waals surface area contributed by atoms with E-state index in [0.29, 0.717) is 5.82 Å². The molecule has 0 fully saturated rings. The highest BCUT2D eigenvalue weighted by molar-refractivity contribution is 5.96. The quantitative estimate of drug-likeness (QED) is 0.560. The third-order valence-electron chi connectivity index (χ3n) is 3.09. The maximum Gasteiger partial charge on any atom is 0.278 e. The smallest absolute Gasteiger partial charge is 0.278 e. The molecule has 0 aliphatic rings. The standard InChI is InChI=1S/C15H22N4O/c1-4-16-12-7-11-8-15(18-6-3)19(20)10-13(11)14(9-12)17-5-2/h7-10,16-18H,4-6H2,1-3H3. The number of nitrogens with zero attached hydrogens (tertiary/aromatic N) is 1. The topological polar surface area (TPSA) is 63.0 Å². The van der Waals surface area contributed by atoms with Crippen molar-refractivity contribution >= 4 is 28.0 Å². The van der Waals surface area contributed by atoms with Crippen LogP contribution in [-0.2, 0) is 0 Å². The number of hydrogen-bond donors (Lipinski definition) is 3. The Kier molecular flexibility index (Phi) is 4.50. The number of benzene rings is 1. The Morgan fingerprint density at radius 2 is 1.65 bits per heavy atom. The van der Waals surface area contributed by atoms with Gasteiger partial charge in [-0.3, -0.25) is 5.32 Å². The van der Waals surface area contributed by atoms with Crippen molar-refractivity contribution in [3.8, 4) is 0 Å². The monoisotopic (exact) mass is 274 g/mol. The van der Waals surface area contributed by atoms with E-state index in [1.54, 1.807) is 6.20 Å². The Hall–Kier alpha value is -2.17. The lowest BCUT2D eigenvalue weighted by atomic mass is 10.1. The summed E-state index contributed by atoms with van der Waals surface area (Å²) < 4.78 is 0.888. The first kappa shape index (κ1) is 14.2. The third kappa shape index (κ3) is 2.87. The van der Waals surface area contributed by atoms with Crippen LogP contribution in [0, 0.1) is 5.21 Å². The predicted octanol–water partition coefficient (Wildman–Crippen LogP) is 2.77. The van der Waals surface area contributed by atoms with Crippen molar-refractivity contribution in [3.05, 3.63) is 29.6 Å². The molecule has 0 unspecified atom stereocenters. The van der Waals surface area contributed by atoms with E-state index in [2.05, 4.69) is 28.9 Å². The fraction of sp³-hybridized carbons (Fsp3) is 0.400. The van der Waals surface area contributed by atoms with Crippen molar-refractivity contribution in [1.29, 1.82) is 0 Å². The van der Waals surface area contributed by atoms with E-state index >= 15 is 0 Å². The van der Waals surface area contributed by atoms with Crippen LogP contribution in [0.5, 0.6) is 0 Å². The van der Waals surface area contributed by atoms with Gasteiger partial charge in [0.25, 0.3) is 5.82 Å². The third-order valence-corrected chi connectivity index (χ3v) is 3.09. The number of rotatable bonds is 6. The van der Waals surface area contributed by atoms with Crippen molar-refractivity contribution in [2.75, 3.05) is 35.6 Å². The fourth-order valence-electron chi connectivity index (χ4n) is 2.29. The first-order chi connectivity index (χ1) is 9.69. The van der Waals surface area contributed by atoms with Gasteiger partial charge in [-0.15, -0.1) is 0 Å². The van der Waals surface area contributed by atoms with E-state index in [-0.39, 0.29) is 0 Å². The molecule has 0 spiro atoms. The molecule has 5 nitrogen and oxygen atoms in total. The van der Waals surface area contributed by atoms with Crippen LogP contribution >= 0.6 is 0 Å². The van der Waals surface area contributed by atoms with Gasteiger partial charge in [0.2, 0.25) is 0 Å². The van der Waals surface area contributed by atoms with Crippen molar-refractivity contribution in [1.82, 2.24) is 0 Å². The van der Waals surface area contributed by atoms with E-state index in [1.165, 1.54) is 0 Å². The molecule has 0 atom stereocenters. The molecule has 1 aromatic heterocycles. The Morgan fingerprint density at radius 1 is 0.950 bits per heavy atom. The maximum atomic E-state index is 12.0. The molecule has 1 heterocycles. The highest BCUT2D eigenvalue weighted by atomic mass is 16.5. The van der Waals surface area contributed by atoms with Crippen LogP contribution in [0.25, 0.3) is 10.8 Å². The Labute approximate surface area is 119 Å². The molecule has 0 bridgehead atoms. The van der Waals surface area contributed by atoms with E-state index in [4.69, 9.17) is 0 Å². The molecule has 5 heteroatoms. The number of fused-ring (bicyclic) bond motifs is 1. The Balaban J connectivity index is 2.59. The van der Waals surface area contributed by atoms with E-state index < -0.39 is 0 Å². The lowest BCUT2D eigenvalue weighted by molar-refractivity contribution is -0.588. The van der Waals surface area contributed by atoms with Crippen LogP contribution in [0.3, 0.4) is 0 Å². The molecule has 0 saturated carbocycles. The average Bonchev–Trinajstić information content (AvgIpc) is 2.41. The number of anilines is 3. The molecule has 0 aliphatic carbocycles. The minimum atomic E-state index is 0.580. The van der Waals surface area contributed by atoms with Gasteiger partial charge in [0, 0.05) is 35.9 Å². The second-order valence-electron chi connectivity index (χ2n) is 4.60. The van der Waals surface area contributed by atoms with Crippen LogP contribution in [0.4, 0.5) is 17.2 Å². The molecule has 2 rings (SSSR count). The van der Waals surface area contributed by atoms with Gasteiger partial charge in [-0.1, -0.05) is 0 Å². The summed E-state index contributed by atoms with van der Waals surface area (Å²) in [5.41, 5.74) is 2.04. The number of nitrogens with one attached hydrogen (secondary N) is 3. The lowest BCUT2D eigenvalue weighted by Gasteiger charge is -2.15. The largest absolute Gasteiger partial charge is 0.711 e. The van der Waals surface area contributed by atoms with Gasteiger partial charge in [0.05, 0.1) is 6.54 Å². The average molecular weight is 274 g/mol. The van der Waals surface area contributed by atoms with Crippen LogP contribution in [0.1, 0.15) is 20.8 Å². The highest BCUT2D eigenvalue weighted by Crippen LogP contribution is 2.28. The summed E-state index contributed by atoms with van der Waals surface area (Å²) in [7, 11) is 0. The van der Waals surface area contributed by atoms with E-state index in [0.717, 1.165) is 46.5 Å². The maximum absolute atomic E-state index is 12.0. The number of aromatic nitrogens is 1. The zero-order valence-electron chi connectivity index (χ0n) is 12.3. The zero-order chi connectivity index (χ0) is 14.5. The van der Waals surface area contributed by atoms with Gasteiger partial charge in [0.15, 0.2) is 0 Å². The molecule has 2 aromatic rings. The van der Waals surface area contributed by atoms with Gasteiger partial charge >= 0.3 is 0 Å². The molecule has 108 valence electrons. The summed E-state index contributed by atoms with van der Waals surface area (Å²) in [5.74, 6) is 0.580. The lowest BCUT2D eigenvalue weighted by Crippen LogP contribution is -2.30. The predicted molar refractivity (Wildman–Crippen MR) is 85.4 cm³/mol. The minimum absolute atomic E-state index is 0.580. The van der Waals surface area contributed by atoms with Crippen LogP contribution in [0.2, 0.25) is 0 Å². The molecular weight excluding hydrogens is 252 g/mol. The summed E-state index contributed by atoms with van der Waals surface area (Å²) in [6, 6.07) is 6.01. The van der Waals surface area contributed by atoms with Gasteiger partial charge in [-0.05, 0) is 38.3 Å². The summed E-state index contributed by atoms with van der Waals surface area (Å²) in [4.78, 5) is 0. The van der Waals surface area contributed by atoms with Crippen molar-refractivity contribution < 1.29 is 4.73 Å². The zero-order valence-corrected chi connectivity index (χ0v) is 12.3. The molecule has 0 saturated heterocycles. The molecule has 20 heavy (non-hydrogen) atoms. The van der Waals surface area contributed by atoms with Crippen LogP contribution < -0.4 is 20.7 Å². The van der Waals surface area contributed by atoms with Crippen molar-refractivity contribution in [2.45, 2.75) is 20.8 Å². The van der Waals surface area contributed by atoms with Crippen LogP contribution in [-0.4, -0.2) is 19.6 Å². The highest BCUT2D eigenvalue weighted by Gasteiger charge is 2.10. The molecule has 0 amide bonds. The second-order valence-corrected chi connectivity index (χ2v) is 4.60. The molecule has 3 N–H and O–H groups in total. The van der Waals surface area contributed by atoms with Gasteiger partial charge in [-0.25, -0.2) is 4.73 Å². The number of pyridine rings is 1. The van der Waals surface area contributed by atoms with Gasteiger partial charge in [0.1, 0.15) is 6.20 Å². The van der Waals surface area contributed by atoms with Gasteiger partial charge < -0.3 is 15.8 Å². The minimum Gasteiger partial charge on any atom is -0.711 e. The SMILES string of the molecule is CCNc1cc(NCC)c2c[n+]([O-])c(NCC)cc2c1. The fourth-order valence-corrected chi connectivity index (χ4v) is 2.29. The molecule has 0 radical (unpaired) electrons. The molecule has 0 aliphatic heterocycles. The van der Waals surface area contributed by atoms with Crippen molar-refractivity contribution in [3.63, 3.8) is 0 Å². The first-order valence-electron chi connectivity index (χ1n) is 7.12. The summed E-state index contributed by atoms with van der Waals surface area (Å²) in [6.45, 7) is 8.50. The summed E-state index contributed by atoms with van der Waals surface area (Å²) >= 11 is 0. The Morgan fingerprint density at radius 3 is 2.30 bits per heavy atom. The second kappa shape index (κ2) is 6.32. The molecular formula is C15H22N4O. The van der Waals surface area contributed by atoms with E-state index in [9.17, 15) is 5.21 Å². The normalized spacial score (nSPS) is 10.6. The Bertz CT molecular complexity index is 598. The summed E-state index contributed by atoms with van der Waals surface area (Å²) in [6.07, 6.45) is 1.63. The van der Waals surface area contributed by atoms with Crippen molar-refractivity contribution in [2.24, 2.45) is 0 Å². The van der Waals surface area contributed by atoms with Gasteiger partial charge in [-0.2, -0.15) is 0 Å².